The Labute approximate surface area is 413 Å². The lowest BCUT2D eigenvalue weighted by molar-refractivity contribution is -0.166. The fourth-order valence-electron chi connectivity index (χ4n) is 7.40. The molecule has 0 N–H and O–H groups in total. The maximum Gasteiger partial charge on any atom is 0.306 e. The van der Waals surface area contributed by atoms with E-state index in [0.29, 0.717) is 19.3 Å². The number of rotatable bonds is 49. The van der Waals surface area contributed by atoms with Gasteiger partial charge in [0, 0.05) is 19.3 Å². The number of ether oxygens (including phenoxy) is 3. The summed E-state index contributed by atoms with van der Waals surface area (Å²) >= 11 is 0. The molecular formula is C61H102O6. The average Bonchev–Trinajstić information content (AvgIpc) is 3.33. The molecule has 0 bridgehead atoms. The molecule has 0 saturated carbocycles. The van der Waals surface area contributed by atoms with Crippen molar-refractivity contribution in [2.45, 2.75) is 258 Å². The van der Waals surface area contributed by atoms with Gasteiger partial charge in [-0.1, -0.05) is 221 Å². The van der Waals surface area contributed by atoms with Crippen LogP contribution in [-0.4, -0.2) is 37.2 Å². The summed E-state index contributed by atoms with van der Waals surface area (Å²) in [5.41, 5.74) is 0. The summed E-state index contributed by atoms with van der Waals surface area (Å²) in [6.45, 7) is 6.42. The Morgan fingerprint density at radius 1 is 0.313 bits per heavy atom. The number of allylic oxidation sites excluding steroid dienone is 16. The monoisotopic (exact) mass is 931 g/mol. The number of unbranched alkanes of at least 4 members (excludes halogenated alkanes) is 22. The van der Waals surface area contributed by atoms with E-state index >= 15 is 0 Å². The quantitative estimate of drug-likeness (QED) is 0.0262. The Kier molecular flexibility index (Phi) is 51.9. The van der Waals surface area contributed by atoms with Crippen LogP contribution in [0.4, 0.5) is 0 Å². The summed E-state index contributed by atoms with van der Waals surface area (Å²) < 4.78 is 16.8. The Balaban J connectivity index is 4.51. The Morgan fingerprint density at radius 2 is 0.612 bits per heavy atom. The third-order valence-corrected chi connectivity index (χ3v) is 11.6. The molecule has 0 aliphatic rings. The second-order valence-corrected chi connectivity index (χ2v) is 18.1. The fraction of sp³-hybridized carbons (Fsp3) is 0.689. The molecule has 0 aromatic rings. The maximum absolute atomic E-state index is 12.8. The van der Waals surface area contributed by atoms with E-state index in [2.05, 4.69) is 106 Å². The second-order valence-electron chi connectivity index (χ2n) is 18.1. The summed E-state index contributed by atoms with van der Waals surface area (Å²) in [6, 6.07) is 0. The van der Waals surface area contributed by atoms with E-state index < -0.39 is 12.1 Å². The van der Waals surface area contributed by atoms with Crippen molar-refractivity contribution in [3.8, 4) is 0 Å². The first-order valence-electron chi connectivity index (χ1n) is 27.7. The van der Waals surface area contributed by atoms with Crippen molar-refractivity contribution < 1.29 is 28.6 Å². The molecule has 67 heavy (non-hydrogen) atoms. The molecule has 0 aromatic carbocycles. The van der Waals surface area contributed by atoms with Crippen molar-refractivity contribution in [1.82, 2.24) is 0 Å². The second kappa shape index (κ2) is 54.9. The van der Waals surface area contributed by atoms with E-state index in [4.69, 9.17) is 14.2 Å². The molecule has 0 aromatic heterocycles. The SMILES string of the molecule is CC/C=C\C/C=C\C/C=C\C/C=C\C/C=C\CCC(=O)OC(COC(=O)CCCCCCC/C=C\CCCCCCCCC)COC(=O)CCCCCCCCC/C=C\C/C=C\CCCCC. The van der Waals surface area contributed by atoms with Gasteiger partial charge in [0.25, 0.3) is 0 Å². The van der Waals surface area contributed by atoms with Gasteiger partial charge in [-0.2, -0.15) is 0 Å². The van der Waals surface area contributed by atoms with Gasteiger partial charge in [-0.15, -0.1) is 0 Å². The van der Waals surface area contributed by atoms with Crippen LogP contribution in [-0.2, 0) is 28.6 Å². The molecule has 0 heterocycles. The number of carbonyl (C=O) groups is 3. The summed E-state index contributed by atoms with van der Waals surface area (Å²) in [7, 11) is 0. The molecule has 0 rings (SSSR count). The zero-order chi connectivity index (χ0) is 48.6. The van der Waals surface area contributed by atoms with Crippen molar-refractivity contribution in [2.24, 2.45) is 0 Å². The molecule has 1 unspecified atom stereocenters. The molecule has 0 fully saturated rings. The first kappa shape index (κ1) is 63.3. The van der Waals surface area contributed by atoms with E-state index in [9.17, 15) is 14.4 Å². The van der Waals surface area contributed by atoms with Crippen molar-refractivity contribution in [1.29, 1.82) is 0 Å². The molecule has 0 saturated heterocycles. The zero-order valence-electron chi connectivity index (χ0n) is 43.6. The average molecular weight is 931 g/mol. The number of hydrogen-bond donors (Lipinski definition) is 0. The summed E-state index contributed by atoms with van der Waals surface area (Å²) in [5.74, 6) is -1.01. The molecular weight excluding hydrogens is 829 g/mol. The van der Waals surface area contributed by atoms with Crippen molar-refractivity contribution in [3.63, 3.8) is 0 Å². The zero-order valence-corrected chi connectivity index (χ0v) is 43.6. The van der Waals surface area contributed by atoms with Crippen molar-refractivity contribution in [3.05, 3.63) is 97.2 Å². The first-order valence-corrected chi connectivity index (χ1v) is 27.7. The van der Waals surface area contributed by atoms with Crippen LogP contribution in [0.5, 0.6) is 0 Å². The van der Waals surface area contributed by atoms with Gasteiger partial charge in [0.15, 0.2) is 6.10 Å². The molecule has 6 heteroatoms. The van der Waals surface area contributed by atoms with Crippen LogP contribution in [0.2, 0.25) is 0 Å². The van der Waals surface area contributed by atoms with E-state index in [1.165, 1.54) is 109 Å². The summed E-state index contributed by atoms with van der Waals surface area (Å²) in [4.78, 5) is 38.1. The molecule has 382 valence electrons. The van der Waals surface area contributed by atoms with Crippen LogP contribution >= 0.6 is 0 Å². The lowest BCUT2D eigenvalue weighted by atomic mass is 10.1. The van der Waals surface area contributed by atoms with E-state index in [1.807, 2.05) is 12.2 Å². The van der Waals surface area contributed by atoms with E-state index in [-0.39, 0.29) is 31.6 Å². The predicted octanol–water partition coefficient (Wildman–Crippen LogP) is 18.5. The lowest BCUT2D eigenvalue weighted by Crippen LogP contribution is -2.30. The fourth-order valence-corrected chi connectivity index (χ4v) is 7.40. The van der Waals surface area contributed by atoms with E-state index in [0.717, 1.165) is 96.3 Å². The highest BCUT2D eigenvalue weighted by Gasteiger charge is 2.19. The maximum atomic E-state index is 12.8. The van der Waals surface area contributed by atoms with Crippen LogP contribution in [0.1, 0.15) is 252 Å². The molecule has 0 aliphatic heterocycles. The Hall–Kier alpha value is -3.67. The molecule has 0 aliphatic carbocycles. The van der Waals surface area contributed by atoms with Crippen molar-refractivity contribution in [2.75, 3.05) is 13.2 Å². The van der Waals surface area contributed by atoms with Gasteiger partial charge >= 0.3 is 17.9 Å². The van der Waals surface area contributed by atoms with Gasteiger partial charge < -0.3 is 14.2 Å². The minimum atomic E-state index is -0.825. The first-order chi connectivity index (χ1) is 33.0. The normalized spacial score (nSPS) is 12.8. The van der Waals surface area contributed by atoms with Gasteiger partial charge in [-0.3, -0.25) is 14.4 Å². The molecule has 0 amide bonds. The summed E-state index contributed by atoms with van der Waals surface area (Å²) in [6.07, 6.45) is 72.6. The van der Waals surface area contributed by atoms with Gasteiger partial charge in [-0.25, -0.2) is 0 Å². The minimum Gasteiger partial charge on any atom is -0.462 e. The Morgan fingerprint density at radius 3 is 1.01 bits per heavy atom. The van der Waals surface area contributed by atoms with E-state index in [1.54, 1.807) is 0 Å². The van der Waals surface area contributed by atoms with Crippen molar-refractivity contribution >= 4 is 17.9 Å². The van der Waals surface area contributed by atoms with Crippen LogP contribution in [0.25, 0.3) is 0 Å². The van der Waals surface area contributed by atoms with Crippen LogP contribution in [0.3, 0.4) is 0 Å². The lowest BCUT2D eigenvalue weighted by Gasteiger charge is -2.18. The van der Waals surface area contributed by atoms with Crippen LogP contribution in [0, 0.1) is 0 Å². The highest BCUT2D eigenvalue weighted by atomic mass is 16.6. The number of esters is 3. The molecule has 6 nitrogen and oxygen atoms in total. The molecule has 0 spiro atoms. The van der Waals surface area contributed by atoms with Gasteiger partial charge in [-0.05, 0) is 109 Å². The standard InChI is InChI=1S/C61H102O6/c1-4-7-10-13-16-19-22-25-28-31-34-36-39-42-45-48-51-54-60(63)66-57-58(67-61(64)55-52-49-46-43-40-37-33-30-27-24-21-18-15-12-9-6-3)56-65-59(62)53-50-47-44-41-38-35-32-29-26-23-20-17-14-11-8-5-2/h9,12,16,18-19,21,25,27-30,32,37,40,46,49,58H,4-8,10-11,13-15,17,20,22-24,26,31,33-36,38-39,41-45,47-48,50-57H2,1-3H3/b12-9-,19-16-,21-18-,28-25-,30-27-,32-29-,40-37-,49-46-. The highest BCUT2D eigenvalue weighted by molar-refractivity contribution is 5.71. The summed E-state index contributed by atoms with van der Waals surface area (Å²) in [5, 5.41) is 0. The van der Waals surface area contributed by atoms with Crippen LogP contribution in [0.15, 0.2) is 97.2 Å². The minimum absolute atomic E-state index is 0.114. The largest absolute Gasteiger partial charge is 0.462 e. The third-order valence-electron chi connectivity index (χ3n) is 11.6. The topological polar surface area (TPSA) is 78.9 Å². The smallest absolute Gasteiger partial charge is 0.306 e. The molecule has 1 atom stereocenters. The highest BCUT2D eigenvalue weighted by Crippen LogP contribution is 2.14. The Bertz CT molecular complexity index is 1350. The third kappa shape index (κ3) is 53.2. The predicted molar refractivity (Wildman–Crippen MR) is 288 cm³/mol. The van der Waals surface area contributed by atoms with Gasteiger partial charge in [0.2, 0.25) is 0 Å². The van der Waals surface area contributed by atoms with Gasteiger partial charge in [0.1, 0.15) is 13.2 Å². The van der Waals surface area contributed by atoms with Gasteiger partial charge in [0.05, 0.1) is 0 Å². The number of hydrogen-bond acceptors (Lipinski definition) is 6. The van der Waals surface area contributed by atoms with Crippen LogP contribution < -0.4 is 0 Å². The molecule has 0 radical (unpaired) electrons. The number of carbonyl (C=O) groups excluding carboxylic acids is 3.